The number of aliphatic hydroxyl groups is 1. The van der Waals surface area contributed by atoms with Crippen LogP contribution in [0.3, 0.4) is 0 Å². The third kappa shape index (κ3) is 5.19. The highest BCUT2D eigenvalue weighted by Crippen LogP contribution is 2.17. The van der Waals surface area contributed by atoms with Crippen molar-refractivity contribution in [1.82, 2.24) is 0 Å². The molecule has 0 saturated heterocycles. The fourth-order valence-corrected chi connectivity index (χ4v) is 1.86. The second-order valence-electron chi connectivity index (χ2n) is 5.47. The summed E-state index contributed by atoms with van der Waals surface area (Å²) in [6.07, 6.45) is 1.74. The van der Waals surface area contributed by atoms with E-state index >= 15 is 0 Å². The van der Waals surface area contributed by atoms with Crippen molar-refractivity contribution in [3.05, 3.63) is 34.9 Å². The van der Waals surface area contributed by atoms with E-state index in [0.717, 1.165) is 24.5 Å². The monoisotopic (exact) mass is 250 g/mol. The van der Waals surface area contributed by atoms with E-state index in [9.17, 15) is 5.11 Å². The molecule has 1 atom stereocenters. The summed E-state index contributed by atoms with van der Waals surface area (Å²) in [5.41, 5.74) is 3.41. The summed E-state index contributed by atoms with van der Waals surface area (Å²) in [4.78, 5) is 0. The molecule has 18 heavy (non-hydrogen) atoms. The van der Waals surface area contributed by atoms with Crippen LogP contribution in [0, 0.1) is 19.8 Å². The van der Waals surface area contributed by atoms with E-state index in [2.05, 4.69) is 27.7 Å². The second kappa shape index (κ2) is 7.55. The highest BCUT2D eigenvalue weighted by molar-refractivity contribution is 5.31. The Bertz CT molecular complexity index is 358. The Kier molecular flexibility index (Phi) is 6.37. The maximum absolute atomic E-state index is 10.0. The Labute approximate surface area is 111 Å². The first kappa shape index (κ1) is 15.2. The van der Waals surface area contributed by atoms with Gasteiger partial charge >= 0.3 is 0 Å². The molecular weight excluding hydrogens is 224 g/mol. The van der Waals surface area contributed by atoms with Gasteiger partial charge in [0.25, 0.3) is 0 Å². The Hall–Kier alpha value is -0.860. The molecule has 2 nitrogen and oxygen atoms in total. The Morgan fingerprint density at radius 1 is 1.17 bits per heavy atom. The van der Waals surface area contributed by atoms with Crippen molar-refractivity contribution in [3.8, 4) is 0 Å². The zero-order valence-corrected chi connectivity index (χ0v) is 12.1. The normalized spacial score (nSPS) is 13.0. The molecule has 0 heterocycles. The van der Waals surface area contributed by atoms with Crippen LogP contribution in [-0.2, 0) is 4.74 Å². The molecule has 0 bridgehead atoms. The minimum atomic E-state index is -0.511. The van der Waals surface area contributed by atoms with E-state index in [0.29, 0.717) is 6.61 Å². The van der Waals surface area contributed by atoms with Crippen molar-refractivity contribution in [2.75, 3.05) is 13.2 Å². The summed E-state index contributed by atoms with van der Waals surface area (Å²) < 4.78 is 5.52. The molecular formula is C16H26O2. The number of aryl methyl sites for hydroxylation is 2. The van der Waals surface area contributed by atoms with Crippen LogP contribution in [0.2, 0.25) is 0 Å². The van der Waals surface area contributed by atoms with Gasteiger partial charge in [0.2, 0.25) is 0 Å². The van der Waals surface area contributed by atoms with Gasteiger partial charge in [0, 0.05) is 6.61 Å². The maximum atomic E-state index is 10.0. The Morgan fingerprint density at radius 3 is 2.50 bits per heavy atom. The van der Waals surface area contributed by atoms with Crippen LogP contribution in [0.1, 0.15) is 49.5 Å². The summed E-state index contributed by atoms with van der Waals surface area (Å²) in [6.45, 7) is 9.69. The Balaban J connectivity index is 2.31. The van der Waals surface area contributed by atoms with Gasteiger partial charge in [-0.3, -0.25) is 0 Å². The van der Waals surface area contributed by atoms with Crippen LogP contribution in [0.4, 0.5) is 0 Å². The van der Waals surface area contributed by atoms with Gasteiger partial charge in [0.05, 0.1) is 6.61 Å². The van der Waals surface area contributed by atoms with Crippen LogP contribution >= 0.6 is 0 Å². The molecule has 102 valence electrons. The van der Waals surface area contributed by atoms with Gasteiger partial charge in [0.15, 0.2) is 0 Å². The molecule has 1 aromatic carbocycles. The highest BCUT2D eigenvalue weighted by Gasteiger charge is 2.08. The lowest BCUT2D eigenvalue weighted by molar-refractivity contribution is 0.0337. The first-order valence-corrected chi connectivity index (χ1v) is 6.83. The van der Waals surface area contributed by atoms with E-state index in [1.54, 1.807) is 0 Å². The van der Waals surface area contributed by atoms with Gasteiger partial charge in [-0.2, -0.15) is 0 Å². The van der Waals surface area contributed by atoms with E-state index < -0.39 is 6.10 Å². The molecule has 1 N–H and O–H groups in total. The number of ether oxygens (including phenoxy) is 1. The molecule has 0 aliphatic carbocycles. The zero-order chi connectivity index (χ0) is 13.5. The maximum Gasteiger partial charge on any atom is 0.102 e. The van der Waals surface area contributed by atoms with Crippen molar-refractivity contribution in [3.63, 3.8) is 0 Å². The molecule has 0 aromatic heterocycles. The van der Waals surface area contributed by atoms with Crippen molar-refractivity contribution in [1.29, 1.82) is 0 Å². The predicted molar refractivity (Wildman–Crippen MR) is 75.8 cm³/mol. The molecule has 0 aliphatic heterocycles. The van der Waals surface area contributed by atoms with Gasteiger partial charge in [-0.1, -0.05) is 32.0 Å². The van der Waals surface area contributed by atoms with Crippen LogP contribution in [0.25, 0.3) is 0 Å². The molecule has 0 aliphatic rings. The lowest BCUT2D eigenvalue weighted by Crippen LogP contribution is -2.09. The fourth-order valence-electron chi connectivity index (χ4n) is 1.86. The number of rotatable bonds is 7. The number of hydrogen-bond donors (Lipinski definition) is 1. The van der Waals surface area contributed by atoms with E-state index in [1.807, 2.05) is 18.2 Å². The van der Waals surface area contributed by atoms with Gasteiger partial charge in [0.1, 0.15) is 6.10 Å². The molecule has 0 radical (unpaired) electrons. The highest BCUT2D eigenvalue weighted by atomic mass is 16.5. The van der Waals surface area contributed by atoms with Crippen molar-refractivity contribution >= 4 is 0 Å². The van der Waals surface area contributed by atoms with Crippen molar-refractivity contribution in [2.24, 2.45) is 5.92 Å². The standard InChI is InChI=1S/C16H26O2/c1-12(2)6-5-9-18-11-16(17)15-8-7-13(3)14(4)10-15/h7-8,10,12,16-17H,5-6,9,11H2,1-4H3. The van der Waals surface area contributed by atoms with Crippen LogP contribution in [-0.4, -0.2) is 18.3 Å². The molecule has 1 rings (SSSR count). The average Bonchev–Trinajstić information content (AvgIpc) is 2.31. The largest absolute Gasteiger partial charge is 0.386 e. The average molecular weight is 250 g/mol. The third-order valence-corrected chi connectivity index (χ3v) is 3.26. The van der Waals surface area contributed by atoms with Crippen LogP contribution in [0.5, 0.6) is 0 Å². The summed E-state index contributed by atoms with van der Waals surface area (Å²) >= 11 is 0. The lowest BCUT2D eigenvalue weighted by atomic mass is 10.0. The first-order valence-electron chi connectivity index (χ1n) is 6.83. The predicted octanol–water partition coefficient (Wildman–Crippen LogP) is 3.79. The summed E-state index contributed by atoms with van der Waals surface area (Å²) in [5.74, 6) is 0.721. The topological polar surface area (TPSA) is 29.5 Å². The number of hydrogen-bond acceptors (Lipinski definition) is 2. The van der Waals surface area contributed by atoms with Gasteiger partial charge in [-0.25, -0.2) is 0 Å². The quantitative estimate of drug-likeness (QED) is 0.746. The fraction of sp³-hybridized carbons (Fsp3) is 0.625. The summed E-state index contributed by atoms with van der Waals surface area (Å²) in [5, 5.41) is 10.0. The van der Waals surface area contributed by atoms with Gasteiger partial charge < -0.3 is 9.84 Å². The number of benzene rings is 1. The molecule has 2 heteroatoms. The van der Waals surface area contributed by atoms with Crippen LogP contribution < -0.4 is 0 Å². The summed E-state index contributed by atoms with van der Waals surface area (Å²) in [7, 11) is 0. The first-order chi connectivity index (χ1) is 8.50. The molecule has 0 fully saturated rings. The van der Waals surface area contributed by atoms with E-state index in [4.69, 9.17) is 4.74 Å². The summed E-state index contributed by atoms with van der Waals surface area (Å²) in [6, 6.07) is 6.06. The lowest BCUT2D eigenvalue weighted by Gasteiger charge is -2.13. The molecule has 1 unspecified atom stereocenters. The minimum Gasteiger partial charge on any atom is -0.386 e. The van der Waals surface area contributed by atoms with Crippen molar-refractivity contribution < 1.29 is 9.84 Å². The zero-order valence-electron chi connectivity index (χ0n) is 12.1. The van der Waals surface area contributed by atoms with E-state index in [-0.39, 0.29) is 0 Å². The molecule has 0 spiro atoms. The number of aliphatic hydroxyl groups excluding tert-OH is 1. The molecule has 0 amide bonds. The van der Waals surface area contributed by atoms with Crippen molar-refractivity contribution in [2.45, 2.75) is 46.6 Å². The molecule has 0 saturated carbocycles. The SMILES string of the molecule is Cc1ccc(C(O)COCCCC(C)C)cc1C. The molecule has 1 aromatic rings. The minimum absolute atomic E-state index is 0.389. The third-order valence-electron chi connectivity index (χ3n) is 3.26. The smallest absolute Gasteiger partial charge is 0.102 e. The van der Waals surface area contributed by atoms with Gasteiger partial charge in [-0.15, -0.1) is 0 Å². The second-order valence-corrected chi connectivity index (χ2v) is 5.47. The van der Waals surface area contributed by atoms with Gasteiger partial charge in [-0.05, 0) is 49.3 Å². The van der Waals surface area contributed by atoms with E-state index in [1.165, 1.54) is 17.5 Å². The van der Waals surface area contributed by atoms with Crippen LogP contribution in [0.15, 0.2) is 18.2 Å². The Morgan fingerprint density at radius 2 is 1.89 bits per heavy atom.